The Morgan fingerprint density at radius 3 is 2.79 bits per heavy atom. The van der Waals surface area contributed by atoms with Crippen LogP contribution in [0.5, 0.6) is 0 Å². The number of halogens is 1. The monoisotopic (exact) mass is 408 g/mol. The maximum atomic E-state index is 11.3. The Balaban J connectivity index is 1.64. The Labute approximate surface area is 169 Å². The Hall–Kier alpha value is -3.16. The SMILES string of the molecule is O=C(O)c1ccccc1CN=Nc1ncnc2cc(-c3cccc(Cl)c3)sc12. The number of azo groups is 1. The molecule has 138 valence electrons. The van der Waals surface area contributed by atoms with Gasteiger partial charge in [-0.2, -0.15) is 5.11 Å². The second-order valence-electron chi connectivity index (χ2n) is 5.89. The maximum Gasteiger partial charge on any atom is 0.336 e. The minimum absolute atomic E-state index is 0.153. The van der Waals surface area contributed by atoms with Gasteiger partial charge in [-0.15, -0.1) is 16.5 Å². The topological polar surface area (TPSA) is 87.8 Å². The van der Waals surface area contributed by atoms with E-state index >= 15 is 0 Å². The zero-order chi connectivity index (χ0) is 19.5. The van der Waals surface area contributed by atoms with Crippen molar-refractivity contribution in [3.05, 3.63) is 77.1 Å². The third-order valence-electron chi connectivity index (χ3n) is 4.06. The van der Waals surface area contributed by atoms with Crippen LogP contribution >= 0.6 is 22.9 Å². The van der Waals surface area contributed by atoms with Crippen molar-refractivity contribution in [2.45, 2.75) is 6.54 Å². The minimum Gasteiger partial charge on any atom is -0.478 e. The van der Waals surface area contributed by atoms with Gasteiger partial charge >= 0.3 is 5.97 Å². The van der Waals surface area contributed by atoms with Crippen molar-refractivity contribution < 1.29 is 9.90 Å². The summed E-state index contributed by atoms with van der Waals surface area (Å²) in [7, 11) is 0. The number of carboxylic acid groups (broad SMARTS) is 1. The lowest BCUT2D eigenvalue weighted by molar-refractivity contribution is 0.0695. The van der Waals surface area contributed by atoms with Crippen LogP contribution in [0.2, 0.25) is 5.02 Å². The zero-order valence-electron chi connectivity index (χ0n) is 14.4. The molecule has 0 saturated heterocycles. The number of hydrogen-bond donors (Lipinski definition) is 1. The molecule has 0 aliphatic rings. The van der Waals surface area contributed by atoms with E-state index in [0.717, 1.165) is 20.7 Å². The third kappa shape index (κ3) is 3.76. The summed E-state index contributed by atoms with van der Waals surface area (Å²) < 4.78 is 0.813. The number of aromatic carboxylic acids is 1. The van der Waals surface area contributed by atoms with Crippen molar-refractivity contribution in [2.75, 3.05) is 0 Å². The van der Waals surface area contributed by atoms with Crippen LogP contribution in [0.15, 0.2) is 71.2 Å². The average Bonchev–Trinajstić information content (AvgIpc) is 3.13. The van der Waals surface area contributed by atoms with Crippen LogP contribution in [0.25, 0.3) is 20.7 Å². The lowest BCUT2D eigenvalue weighted by atomic mass is 10.1. The standard InChI is InChI=1S/C20H13ClN4O2S/c21-14-6-3-5-12(8-14)17-9-16-18(28-17)19(23-11-22-16)25-24-10-13-4-1-2-7-15(13)20(26)27/h1-9,11H,10H2,(H,26,27). The van der Waals surface area contributed by atoms with Crippen LogP contribution in [-0.2, 0) is 6.54 Å². The molecule has 0 spiro atoms. The van der Waals surface area contributed by atoms with E-state index in [1.807, 2.05) is 30.3 Å². The number of carbonyl (C=O) groups is 1. The third-order valence-corrected chi connectivity index (χ3v) is 5.46. The number of benzene rings is 2. The lowest BCUT2D eigenvalue weighted by Crippen LogP contribution is -2.00. The first kappa shape index (κ1) is 18.2. The first-order valence-corrected chi connectivity index (χ1v) is 9.50. The van der Waals surface area contributed by atoms with Gasteiger partial charge < -0.3 is 5.11 Å². The number of aromatic nitrogens is 2. The fraction of sp³-hybridized carbons (Fsp3) is 0.0500. The van der Waals surface area contributed by atoms with Gasteiger partial charge in [0, 0.05) is 9.90 Å². The van der Waals surface area contributed by atoms with Crippen molar-refractivity contribution in [1.82, 2.24) is 9.97 Å². The lowest BCUT2D eigenvalue weighted by Gasteiger charge is -2.01. The Morgan fingerprint density at radius 2 is 1.96 bits per heavy atom. The molecule has 0 unspecified atom stereocenters. The van der Waals surface area contributed by atoms with Gasteiger partial charge in [0.05, 0.1) is 22.3 Å². The van der Waals surface area contributed by atoms with Gasteiger partial charge in [0.2, 0.25) is 0 Å². The van der Waals surface area contributed by atoms with Gasteiger partial charge in [0.15, 0.2) is 5.82 Å². The highest BCUT2D eigenvalue weighted by atomic mass is 35.5. The predicted octanol–water partition coefficient (Wildman–Crippen LogP) is 5.99. The van der Waals surface area contributed by atoms with Crippen molar-refractivity contribution in [3.63, 3.8) is 0 Å². The molecule has 0 bridgehead atoms. The van der Waals surface area contributed by atoms with Gasteiger partial charge in [0.25, 0.3) is 0 Å². The number of hydrogen-bond acceptors (Lipinski definition) is 6. The molecule has 2 heterocycles. The Kier molecular flexibility index (Phi) is 5.10. The summed E-state index contributed by atoms with van der Waals surface area (Å²) in [6, 6.07) is 16.3. The molecule has 0 saturated carbocycles. The summed E-state index contributed by atoms with van der Waals surface area (Å²) in [5.41, 5.74) is 2.58. The molecule has 0 atom stereocenters. The van der Waals surface area contributed by atoms with Crippen molar-refractivity contribution >= 4 is 44.9 Å². The molecule has 2 aromatic carbocycles. The molecule has 28 heavy (non-hydrogen) atoms. The summed E-state index contributed by atoms with van der Waals surface area (Å²) in [6.07, 6.45) is 1.44. The fourth-order valence-corrected chi connectivity index (χ4v) is 3.97. The van der Waals surface area contributed by atoms with Crippen LogP contribution in [0, 0.1) is 0 Å². The summed E-state index contributed by atoms with van der Waals surface area (Å²) >= 11 is 7.60. The smallest absolute Gasteiger partial charge is 0.336 e. The highest BCUT2D eigenvalue weighted by molar-refractivity contribution is 7.22. The molecular formula is C20H13ClN4O2S. The number of thiophene rings is 1. The van der Waals surface area contributed by atoms with Crippen LogP contribution in [-0.4, -0.2) is 21.0 Å². The van der Waals surface area contributed by atoms with Gasteiger partial charge in [0.1, 0.15) is 6.33 Å². The molecule has 0 aliphatic heterocycles. The molecule has 6 nitrogen and oxygen atoms in total. The summed E-state index contributed by atoms with van der Waals surface area (Å²) in [4.78, 5) is 20.8. The van der Waals surface area contributed by atoms with E-state index in [4.69, 9.17) is 11.6 Å². The van der Waals surface area contributed by atoms with Gasteiger partial charge in [-0.25, -0.2) is 14.8 Å². The summed E-state index contributed by atoms with van der Waals surface area (Å²) in [6.45, 7) is 0.153. The highest BCUT2D eigenvalue weighted by Gasteiger charge is 2.11. The largest absolute Gasteiger partial charge is 0.478 e. The van der Waals surface area contributed by atoms with E-state index in [2.05, 4.69) is 20.2 Å². The van der Waals surface area contributed by atoms with Crippen LogP contribution in [0.4, 0.5) is 5.82 Å². The number of nitrogens with zero attached hydrogens (tertiary/aromatic N) is 4. The van der Waals surface area contributed by atoms with E-state index in [0.29, 0.717) is 16.4 Å². The molecule has 1 N–H and O–H groups in total. The van der Waals surface area contributed by atoms with E-state index in [9.17, 15) is 9.90 Å². The van der Waals surface area contributed by atoms with Gasteiger partial charge in [-0.3, -0.25) is 0 Å². The molecule has 0 aliphatic carbocycles. The van der Waals surface area contributed by atoms with Gasteiger partial charge in [-0.05, 0) is 35.4 Å². The van der Waals surface area contributed by atoms with E-state index < -0.39 is 5.97 Å². The zero-order valence-corrected chi connectivity index (χ0v) is 16.0. The van der Waals surface area contributed by atoms with Crippen LogP contribution in [0.1, 0.15) is 15.9 Å². The first-order valence-electron chi connectivity index (χ1n) is 8.31. The number of rotatable bonds is 5. The normalized spacial score (nSPS) is 11.3. The second-order valence-corrected chi connectivity index (χ2v) is 7.38. The predicted molar refractivity (Wildman–Crippen MR) is 109 cm³/mol. The number of carboxylic acids is 1. The van der Waals surface area contributed by atoms with Crippen molar-refractivity contribution in [3.8, 4) is 10.4 Å². The van der Waals surface area contributed by atoms with E-state index in [1.54, 1.807) is 24.3 Å². The fourth-order valence-electron chi connectivity index (χ4n) is 2.74. The van der Waals surface area contributed by atoms with Crippen molar-refractivity contribution in [2.24, 2.45) is 10.2 Å². The maximum absolute atomic E-state index is 11.3. The van der Waals surface area contributed by atoms with Crippen LogP contribution in [0.3, 0.4) is 0 Å². The molecule has 0 amide bonds. The van der Waals surface area contributed by atoms with E-state index in [1.165, 1.54) is 17.7 Å². The molecule has 0 radical (unpaired) electrons. The molecule has 4 rings (SSSR count). The molecule has 0 fully saturated rings. The molecular weight excluding hydrogens is 396 g/mol. The minimum atomic E-state index is -0.986. The molecule has 2 aromatic heterocycles. The number of fused-ring (bicyclic) bond motifs is 1. The second kappa shape index (κ2) is 7.84. The summed E-state index contributed by atoms with van der Waals surface area (Å²) in [5, 5.41) is 18.3. The molecule has 4 aromatic rings. The Bertz CT molecular complexity index is 1210. The van der Waals surface area contributed by atoms with Gasteiger partial charge in [-0.1, -0.05) is 41.9 Å². The quantitative estimate of drug-likeness (QED) is 0.410. The average molecular weight is 409 g/mol. The van der Waals surface area contributed by atoms with Crippen molar-refractivity contribution in [1.29, 1.82) is 0 Å². The van der Waals surface area contributed by atoms with Crippen LogP contribution < -0.4 is 0 Å². The first-order chi connectivity index (χ1) is 13.6. The Morgan fingerprint density at radius 1 is 1.11 bits per heavy atom. The van der Waals surface area contributed by atoms with E-state index in [-0.39, 0.29) is 12.1 Å². The highest BCUT2D eigenvalue weighted by Crippen LogP contribution is 2.37. The molecule has 8 heteroatoms. The summed E-state index contributed by atoms with van der Waals surface area (Å²) in [5.74, 6) is -0.532.